The van der Waals surface area contributed by atoms with Crippen molar-refractivity contribution in [1.29, 1.82) is 0 Å². The number of carbonyl (C=O) groups is 1. The number of carboxylic acids is 1. The van der Waals surface area contributed by atoms with E-state index in [9.17, 15) is 9.90 Å². The number of nitrogens with zero attached hydrogens (tertiary/aromatic N) is 2. The van der Waals surface area contributed by atoms with Crippen LogP contribution >= 0.6 is 0 Å². The molecule has 0 radical (unpaired) electrons. The Morgan fingerprint density at radius 3 is 2.52 bits per heavy atom. The lowest BCUT2D eigenvalue weighted by Crippen LogP contribution is -2.62. The second-order valence-electron chi connectivity index (χ2n) is 7.50. The van der Waals surface area contributed by atoms with Gasteiger partial charge in [0.25, 0.3) is 0 Å². The van der Waals surface area contributed by atoms with Crippen LogP contribution in [-0.2, 0) is 4.79 Å². The van der Waals surface area contributed by atoms with E-state index in [0.29, 0.717) is 24.5 Å². The molecule has 2 saturated carbocycles. The maximum atomic E-state index is 12.1. The summed E-state index contributed by atoms with van der Waals surface area (Å²) in [6.45, 7) is 2.76. The zero-order chi connectivity index (χ0) is 15.0. The van der Waals surface area contributed by atoms with Gasteiger partial charge in [0, 0.05) is 25.2 Å². The molecular formula is C16H29N3O2. The van der Waals surface area contributed by atoms with Gasteiger partial charge in [-0.3, -0.25) is 15.0 Å². The minimum atomic E-state index is -0.698. The largest absolute Gasteiger partial charge is 0.480 e. The van der Waals surface area contributed by atoms with E-state index in [1.54, 1.807) is 0 Å². The van der Waals surface area contributed by atoms with E-state index in [1.165, 1.54) is 12.8 Å². The Balaban J connectivity index is 1.72. The molecule has 0 amide bonds. The molecule has 1 aliphatic heterocycles. The van der Waals surface area contributed by atoms with Crippen LogP contribution in [0.1, 0.15) is 38.5 Å². The maximum Gasteiger partial charge on any atom is 0.325 e. The molecule has 0 aromatic heterocycles. The van der Waals surface area contributed by atoms with Crippen molar-refractivity contribution in [3.63, 3.8) is 0 Å². The van der Waals surface area contributed by atoms with Gasteiger partial charge in [0.15, 0.2) is 0 Å². The zero-order valence-electron chi connectivity index (χ0n) is 13.3. The predicted octanol–water partition coefficient (Wildman–Crippen LogP) is 0.998. The van der Waals surface area contributed by atoms with Crippen molar-refractivity contribution in [3.8, 4) is 0 Å². The van der Waals surface area contributed by atoms with E-state index < -0.39 is 11.5 Å². The van der Waals surface area contributed by atoms with Gasteiger partial charge in [-0.2, -0.15) is 0 Å². The van der Waals surface area contributed by atoms with Crippen LogP contribution in [-0.4, -0.2) is 72.2 Å². The fourth-order valence-electron chi connectivity index (χ4n) is 3.82. The highest BCUT2D eigenvalue weighted by Gasteiger charge is 2.54. The van der Waals surface area contributed by atoms with Gasteiger partial charge >= 0.3 is 5.97 Å². The molecule has 5 nitrogen and oxygen atoms in total. The highest BCUT2D eigenvalue weighted by molar-refractivity contribution is 5.80. The van der Waals surface area contributed by atoms with Crippen LogP contribution in [0.2, 0.25) is 0 Å². The molecule has 1 heterocycles. The molecule has 0 aromatic rings. The van der Waals surface area contributed by atoms with E-state index in [0.717, 1.165) is 38.8 Å². The quantitative estimate of drug-likeness (QED) is 0.699. The molecule has 21 heavy (non-hydrogen) atoms. The Morgan fingerprint density at radius 1 is 1.29 bits per heavy atom. The lowest BCUT2D eigenvalue weighted by atomic mass is 9.91. The summed E-state index contributed by atoms with van der Waals surface area (Å²) in [6, 6.07) is 0.954. The smallest absolute Gasteiger partial charge is 0.325 e. The minimum Gasteiger partial charge on any atom is -0.480 e. The molecule has 2 unspecified atom stereocenters. The summed E-state index contributed by atoms with van der Waals surface area (Å²) in [7, 11) is 4.20. The van der Waals surface area contributed by atoms with E-state index >= 15 is 0 Å². The summed E-state index contributed by atoms with van der Waals surface area (Å²) in [5, 5.41) is 13.5. The van der Waals surface area contributed by atoms with Crippen LogP contribution in [0.3, 0.4) is 0 Å². The number of hydrogen-bond donors (Lipinski definition) is 2. The average Bonchev–Trinajstić information content (AvgIpc) is 3.30. The third-order valence-electron chi connectivity index (χ3n) is 5.22. The van der Waals surface area contributed by atoms with E-state index in [4.69, 9.17) is 0 Å². The van der Waals surface area contributed by atoms with E-state index in [2.05, 4.69) is 29.2 Å². The number of nitrogens with one attached hydrogen (secondary N) is 1. The molecule has 3 aliphatic rings. The Bertz CT molecular complexity index is 393. The number of carboxylic acid groups (broad SMARTS) is 1. The first kappa shape index (κ1) is 15.3. The first-order chi connectivity index (χ1) is 10.0. The minimum absolute atomic E-state index is 0.330. The highest BCUT2D eigenvalue weighted by Crippen LogP contribution is 2.43. The van der Waals surface area contributed by atoms with Crippen LogP contribution in [0.15, 0.2) is 0 Å². The molecule has 3 fully saturated rings. The SMILES string of the molecule is CN(C)CC1CCCN1CC(NC1CC1)(C(=O)O)C1CC1. The van der Waals surface area contributed by atoms with Crippen molar-refractivity contribution in [1.82, 2.24) is 15.1 Å². The molecule has 1 saturated heterocycles. The van der Waals surface area contributed by atoms with Gasteiger partial charge in [-0.25, -0.2) is 0 Å². The Kier molecular flexibility index (Phi) is 4.26. The Hall–Kier alpha value is -0.650. The fraction of sp³-hybridized carbons (Fsp3) is 0.938. The summed E-state index contributed by atoms with van der Waals surface area (Å²) in [5.74, 6) is -0.302. The summed E-state index contributed by atoms with van der Waals surface area (Å²) >= 11 is 0. The molecule has 2 atom stereocenters. The third kappa shape index (κ3) is 3.41. The summed E-state index contributed by atoms with van der Waals surface area (Å²) in [4.78, 5) is 16.7. The number of aliphatic carboxylic acids is 1. The fourth-order valence-corrected chi connectivity index (χ4v) is 3.82. The zero-order valence-corrected chi connectivity index (χ0v) is 13.3. The number of likely N-dealkylation sites (tertiary alicyclic amines) is 1. The van der Waals surface area contributed by atoms with Crippen molar-refractivity contribution < 1.29 is 9.90 Å². The number of rotatable bonds is 8. The van der Waals surface area contributed by atoms with Crippen molar-refractivity contribution in [3.05, 3.63) is 0 Å². The molecule has 0 aromatic carbocycles. The average molecular weight is 295 g/mol. The van der Waals surface area contributed by atoms with Gasteiger partial charge in [-0.15, -0.1) is 0 Å². The lowest BCUT2D eigenvalue weighted by molar-refractivity contribution is -0.147. The van der Waals surface area contributed by atoms with Crippen LogP contribution in [0.5, 0.6) is 0 Å². The highest BCUT2D eigenvalue weighted by atomic mass is 16.4. The molecular weight excluding hydrogens is 266 g/mol. The molecule has 0 spiro atoms. The van der Waals surface area contributed by atoms with E-state index in [-0.39, 0.29) is 0 Å². The Labute approximate surface area is 127 Å². The van der Waals surface area contributed by atoms with Crippen molar-refractivity contribution in [2.45, 2.75) is 56.1 Å². The van der Waals surface area contributed by atoms with Gasteiger partial charge in [-0.1, -0.05) is 0 Å². The van der Waals surface area contributed by atoms with Gasteiger partial charge in [0.2, 0.25) is 0 Å². The van der Waals surface area contributed by atoms with Crippen molar-refractivity contribution in [2.75, 3.05) is 33.7 Å². The Morgan fingerprint density at radius 2 is 2.00 bits per heavy atom. The van der Waals surface area contributed by atoms with Gasteiger partial charge in [-0.05, 0) is 65.1 Å². The standard InChI is InChI=1S/C16H29N3O2/c1-18(2)10-14-4-3-9-19(14)11-16(15(20)21,12-5-6-12)17-13-7-8-13/h12-14,17H,3-11H2,1-2H3,(H,20,21). The van der Waals surface area contributed by atoms with Gasteiger partial charge < -0.3 is 10.0 Å². The molecule has 120 valence electrons. The van der Waals surface area contributed by atoms with Gasteiger partial charge in [0.05, 0.1) is 0 Å². The summed E-state index contributed by atoms with van der Waals surface area (Å²) < 4.78 is 0. The van der Waals surface area contributed by atoms with Crippen LogP contribution in [0.4, 0.5) is 0 Å². The molecule has 3 rings (SSSR count). The molecule has 0 bridgehead atoms. The summed E-state index contributed by atoms with van der Waals surface area (Å²) in [6.07, 6.45) is 6.81. The third-order valence-corrected chi connectivity index (χ3v) is 5.22. The second-order valence-corrected chi connectivity index (χ2v) is 7.50. The van der Waals surface area contributed by atoms with Crippen LogP contribution < -0.4 is 5.32 Å². The molecule has 2 N–H and O–H groups in total. The van der Waals surface area contributed by atoms with Crippen molar-refractivity contribution in [2.24, 2.45) is 5.92 Å². The monoisotopic (exact) mass is 295 g/mol. The first-order valence-electron chi connectivity index (χ1n) is 8.41. The second kappa shape index (κ2) is 5.86. The maximum absolute atomic E-state index is 12.1. The van der Waals surface area contributed by atoms with Crippen LogP contribution in [0.25, 0.3) is 0 Å². The number of likely N-dealkylation sites (N-methyl/N-ethyl adjacent to an activating group) is 1. The number of hydrogen-bond acceptors (Lipinski definition) is 4. The van der Waals surface area contributed by atoms with Crippen molar-refractivity contribution >= 4 is 5.97 Å². The van der Waals surface area contributed by atoms with Gasteiger partial charge in [0.1, 0.15) is 5.54 Å². The lowest BCUT2D eigenvalue weighted by Gasteiger charge is -2.38. The van der Waals surface area contributed by atoms with Crippen LogP contribution in [0, 0.1) is 5.92 Å². The molecule has 5 heteroatoms. The predicted molar refractivity (Wildman–Crippen MR) is 82.4 cm³/mol. The topological polar surface area (TPSA) is 55.8 Å². The first-order valence-corrected chi connectivity index (χ1v) is 8.41. The summed E-state index contributed by atoms with van der Waals surface area (Å²) in [5.41, 5.74) is -0.698. The van der Waals surface area contributed by atoms with E-state index in [1.807, 2.05) is 0 Å². The molecule has 2 aliphatic carbocycles. The normalized spacial score (nSPS) is 29.8.